The first-order valence-electron chi connectivity index (χ1n) is 13.8. The SMILES string of the molecule is Cc1nc2c(F)cc(-c3nc(Nc4ccc5c(n4)CCN(C(=O)[C@H]4CCCN4C)C5)ncc3F)cc2n1C1CC1. The fourth-order valence-electron chi connectivity index (χ4n) is 6.05. The molecular weight excluding hydrogens is 514 g/mol. The van der Waals surface area contributed by atoms with Crippen LogP contribution in [0.4, 0.5) is 20.5 Å². The van der Waals surface area contributed by atoms with Crippen LogP contribution in [0.2, 0.25) is 0 Å². The van der Waals surface area contributed by atoms with Crippen molar-refractivity contribution in [3.63, 3.8) is 0 Å². The molecule has 0 bridgehead atoms. The fourth-order valence-corrected chi connectivity index (χ4v) is 6.05. The first-order chi connectivity index (χ1) is 19.4. The molecule has 2 fully saturated rings. The Labute approximate surface area is 230 Å². The number of pyridine rings is 1. The van der Waals surface area contributed by atoms with Crippen LogP contribution in [0, 0.1) is 18.6 Å². The molecule has 1 atom stereocenters. The summed E-state index contributed by atoms with van der Waals surface area (Å²) in [6.45, 7) is 3.97. The van der Waals surface area contributed by atoms with Gasteiger partial charge in [0.15, 0.2) is 11.6 Å². The van der Waals surface area contributed by atoms with E-state index in [1.807, 2.05) is 35.6 Å². The highest BCUT2D eigenvalue weighted by Crippen LogP contribution is 2.40. The zero-order chi connectivity index (χ0) is 27.5. The molecule has 3 aromatic heterocycles. The number of hydrogen-bond donors (Lipinski definition) is 1. The van der Waals surface area contributed by atoms with Gasteiger partial charge in [0.05, 0.1) is 17.8 Å². The minimum Gasteiger partial charge on any atom is -0.337 e. The molecule has 4 aromatic rings. The fraction of sp³-hybridized carbons (Fsp3) is 0.414. The van der Waals surface area contributed by atoms with E-state index in [0.717, 1.165) is 55.5 Å². The van der Waals surface area contributed by atoms with Gasteiger partial charge in [0.25, 0.3) is 0 Å². The highest BCUT2D eigenvalue weighted by molar-refractivity contribution is 5.83. The van der Waals surface area contributed by atoms with Crippen LogP contribution in [0.5, 0.6) is 0 Å². The Bertz CT molecular complexity index is 1650. The van der Waals surface area contributed by atoms with Crippen molar-refractivity contribution in [2.24, 2.45) is 0 Å². The van der Waals surface area contributed by atoms with E-state index < -0.39 is 11.6 Å². The first-order valence-corrected chi connectivity index (χ1v) is 13.8. The minimum absolute atomic E-state index is 0.00324. The lowest BCUT2D eigenvalue weighted by Gasteiger charge is -2.32. The molecule has 1 saturated carbocycles. The summed E-state index contributed by atoms with van der Waals surface area (Å²) in [7, 11) is 2.01. The molecule has 206 valence electrons. The second-order valence-electron chi connectivity index (χ2n) is 11.1. The summed E-state index contributed by atoms with van der Waals surface area (Å²) >= 11 is 0. The van der Waals surface area contributed by atoms with Crippen molar-refractivity contribution in [2.45, 2.75) is 57.7 Å². The highest BCUT2D eigenvalue weighted by atomic mass is 19.1. The Kier molecular flexibility index (Phi) is 5.99. The number of halogens is 2. The maximum absolute atomic E-state index is 15.0. The van der Waals surface area contributed by atoms with Crippen LogP contribution in [-0.4, -0.2) is 66.4 Å². The molecule has 3 aliphatic rings. The van der Waals surface area contributed by atoms with E-state index in [1.165, 1.54) is 6.07 Å². The summed E-state index contributed by atoms with van der Waals surface area (Å²) < 4.78 is 32.0. The van der Waals surface area contributed by atoms with E-state index in [9.17, 15) is 9.18 Å². The van der Waals surface area contributed by atoms with Gasteiger partial charge in [-0.05, 0) is 70.0 Å². The van der Waals surface area contributed by atoms with Crippen molar-refractivity contribution in [1.82, 2.24) is 34.3 Å². The summed E-state index contributed by atoms with van der Waals surface area (Å²) in [5.74, 6) is 0.463. The Morgan fingerprint density at radius 2 is 1.90 bits per heavy atom. The quantitative estimate of drug-likeness (QED) is 0.395. The van der Waals surface area contributed by atoms with Gasteiger partial charge in [-0.25, -0.2) is 28.7 Å². The second-order valence-corrected chi connectivity index (χ2v) is 11.1. The first kappa shape index (κ1) is 25.0. The van der Waals surface area contributed by atoms with Crippen LogP contribution in [0.25, 0.3) is 22.3 Å². The van der Waals surface area contributed by atoms with E-state index >= 15 is 4.39 Å². The van der Waals surface area contributed by atoms with Crippen molar-refractivity contribution >= 4 is 28.7 Å². The second kappa shape index (κ2) is 9.58. The number of rotatable bonds is 5. The van der Waals surface area contributed by atoms with Crippen molar-refractivity contribution in [3.05, 3.63) is 59.2 Å². The van der Waals surface area contributed by atoms with E-state index in [-0.39, 0.29) is 29.1 Å². The van der Waals surface area contributed by atoms with Crippen LogP contribution < -0.4 is 5.32 Å². The third-order valence-corrected chi connectivity index (χ3v) is 8.26. The molecule has 7 rings (SSSR count). The number of anilines is 2. The standard InChI is InChI=1S/C29H30F2N8O/c1-16-33-27-20(30)12-18(13-24(27)39(16)19-6-7-19)26-21(31)14-32-29(36-26)35-25-8-5-17-15-38(11-9-22(17)34-25)28(40)23-4-3-10-37(23)2/h5,8,12-14,19,23H,3-4,6-7,9-11,15H2,1-2H3,(H,32,34,35,36)/t23-/m1/s1. The van der Waals surface area contributed by atoms with Crippen molar-refractivity contribution in [1.29, 1.82) is 0 Å². The van der Waals surface area contributed by atoms with Crippen LogP contribution in [0.1, 0.15) is 48.8 Å². The van der Waals surface area contributed by atoms with E-state index in [4.69, 9.17) is 4.98 Å². The number of carbonyl (C=O) groups is 1. The molecule has 1 aromatic carbocycles. The number of likely N-dealkylation sites (N-methyl/N-ethyl adjacent to an activating group) is 1. The van der Waals surface area contributed by atoms with Gasteiger partial charge >= 0.3 is 0 Å². The van der Waals surface area contributed by atoms with Crippen molar-refractivity contribution in [3.8, 4) is 11.3 Å². The normalized spacial score (nSPS) is 19.3. The molecule has 1 N–H and O–H groups in total. The summed E-state index contributed by atoms with van der Waals surface area (Å²) in [4.78, 5) is 34.7. The van der Waals surface area contributed by atoms with Gasteiger partial charge in [-0.15, -0.1) is 0 Å². The molecule has 9 nitrogen and oxygen atoms in total. The lowest BCUT2D eigenvalue weighted by Crippen LogP contribution is -2.46. The van der Waals surface area contributed by atoms with Gasteiger partial charge in [0.1, 0.15) is 22.9 Å². The van der Waals surface area contributed by atoms with E-state index in [0.29, 0.717) is 42.5 Å². The number of fused-ring (bicyclic) bond motifs is 2. The number of aromatic nitrogens is 5. The molecule has 1 saturated heterocycles. The molecular formula is C29H30F2N8O. The zero-order valence-electron chi connectivity index (χ0n) is 22.5. The zero-order valence-corrected chi connectivity index (χ0v) is 22.5. The Balaban J connectivity index is 1.13. The van der Waals surface area contributed by atoms with Crippen LogP contribution in [0.3, 0.4) is 0 Å². The molecule has 0 spiro atoms. The van der Waals surface area contributed by atoms with E-state index in [2.05, 4.69) is 25.2 Å². The lowest BCUT2D eigenvalue weighted by molar-refractivity contribution is -0.136. The van der Waals surface area contributed by atoms with Crippen molar-refractivity contribution in [2.75, 3.05) is 25.5 Å². The van der Waals surface area contributed by atoms with Gasteiger partial charge in [0.2, 0.25) is 11.9 Å². The number of aryl methyl sites for hydroxylation is 1. The maximum Gasteiger partial charge on any atom is 0.240 e. The number of benzene rings is 1. The number of likely N-dealkylation sites (tertiary alicyclic amines) is 1. The molecule has 2 aliphatic heterocycles. The number of amides is 1. The Hall–Kier alpha value is -3.99. The topological polar surface area (TPSA) is 92.1 Å². The predicted molar refractivity (Wildman–Crippen MR) is 146 cm³/mol. The number of nitrogens with zero attached hydrogens (tertiary/aromatic N) is 7. The maximum atomic E-state index is 15.0. The minimum atomic E-state index is -0.644. The number of hydrogen-bond acceptors (Lipinski definition) is 7. The summed E-state index contributed by atoms with van der Waals surface area (Å²) in [6.07, 6.45) is 5.73. The van der Waals surface area contributed by atoms with Gasteiger partial charge in [-0.1, -0.05) is 6.07 Å². The molecule has 1 amide bonds. The van der Waals surface area contributed by atoms with Crippen LogP contribution in [-0.2, 0) is 17.8 Å². The van der Waals surface area contributed by atoms with Gasteiger partial charge in [0, 0.05) is 36.8 Å². The molecule has 11 heteroatoms. The average molecular weight is 545 g/mol. The third kappa shape index (κ3) is 4.38. The Morgan fingerprint density at radius 1 is 1.05 bits per heavy atom. The monoisotopic (exact) mass is 544 g/mol. The van der Waals surface area contributed by atoms with Gasteiger partial charge in [-0.3, -0.25) is 9.69 Å². The summed E-state index contributed by atoms with van der Waals surface area (Å²) in [5, 5.41) is 3.07. The summed E-state index contributed by atoms with van der Waals surface area (Å²) in [5.41, 5.74) is 3.18. The smallest absolute Gasteiger partial charge is 0.240 e. The number of nitrogens with one attached hydrogen (secondary N) is 1. The number of imidazole rings is 1. The average Bonchev–Trinajstić information content (AvgIpc) is 3.59. The van der Waals surface area contributed by atoms with Gasteiger partial charge < -0.3 is 14.8 Å². The summed E-state index contributed by atoms with van der Waals surface area (Å²) in [6, 6.07) is 7.05. The number of carbonyl (C=O) groups excluding carboxylic acids is 1. The molecule has 5 heterocycles. The highest BCUT2D eigenvalue weighted by Gasteiger charge is 2.33. The Morgan fingerprint density at radius 3 is 2.67 bits per heavy atom. The molecule has 1 aliphatic carbocycles. The molecule has 0 radical (unpaired) electrons. The largest absolute Gasteiger partial charge is 0.337 e. The van der Waals surface area contributed by atoms with E-state index in [1.54, 1.807) is 6.07 Å². The van der Waals surface area contributed by atoms with Crippen molar-refractivity contribution < 1.29 is 13.6 Å². The predicted octanol–water partition coefficient (Wildman–Crippen LogP) is 4.53. The van der Waals surface area contributed by atoms with Crippen LogP contribution in [0.15, 0.2) is 30.5 Å². The van der Waals surface area contributed by atoms with Gasteiger partial charge in [-0.2, -0.15) is 0 Å². The molecule has 0 unspecified atom stereocenters. The molecule has 40 heavy (non-hydrogen) atoms. The third-order valence-electron chi connectivity index (χ3n) is 8.26. The lowest BCUT2D eigenvalue weighted by atomic mass is 10.0. The van der Waals surface area contributed by atoms with Crippen LogP contribution >= 0.6 is 0 Å².